The second kappa shape index (κ2) is 6.65. The van der Waals surface area contributed by atoms with E-state index in [0.29, 0.717) is 12.3 Å². The molecule has 4 rings (SSSR count). The second-order valence-electron chi connectivity index (χ2n) is 5.67. The summed E-state index contributed by atoms with van der Waals surface area (Å²) < 4.78 is 10.6. The first-order valence-electron chi connectivity index (χ1n) is 7.98. The van der Waals surface area contributed by atoms with Crippen molar-refractivity contribution in [2.75, 3.05) is 6.79 Å². The summed E-state index contributed by atoms with van der Waals surface area (Å²) in [6.07, 6.45) is 3.20. The first-order valence-corrected chi connectivity index (χ1v) is 7.98. The quantitative estimate of drug-likeness (QED) is 0.745. The molecule has 2 aromatic carbocycles. The molecule has 0 aliphatic carbocycles. The van der Waals surface area contributed by atoms with Gasteiger partial charge in [0.25, 0.3) is 0 Å². The minimum absolute atomic E-state index is 0.173. The molecule has 25 heavy (non-hydrogen) atoms. The minimum atomic E-state index is -0.173. The monoisotopic (exact) mass is 332 g/mol. The van der Waals surface area contributed by atoms with Crippen molar-refractivity contribution in [1.82, 2.24) is 10.3 Å². The molecule has 0 saturated carbocycles. The molecule has 1 aliphatic rings. The molecule has 1 amide bonds. The minimum Gasteiger partial charge on any atom is -0.454 e. The number of amides is 1. The number of pyridine rings is 1. The molecule has 5 heteroatoms. The van der Waals surface area contributed by atoms with Crippen LogP contribution < -0.4 is 14.8 Å². The van der Waals surface area contributed by atoms with Gasteiger partial charge >= 0.3 is 0 Å². The van der Waals surface area contributed by atoms with Crippen molar-refractivity contribution in [3.8, 4) is 11.5 Å². The van der Waals surface area contributed by atoms with E-state index < -0.39 is 0 Å². The summed E-state index contributed by atoms with van der Waals surface area (Å²) >= 11 is 0. The van der Waals surface area contributed by atoms with Crippen molar-refractivity contribution in [1.29, 1.82) is 0 Å². The van der Waals surface area contributed by atoms with Crippen molar-refractivity contribution in [3.05, 3.63) is 71.9 Å². The summed E-state index contributed by atoms with van der Waals surface area (Å²) in [7, 11) is 0. The van der Waals surface area contributed by atoms with Gasteiger partial charge in [0.15, 0.2) is 11.5 Å². The highest BCUT2D eigenvalue weighted by Gasteiger charge is 2.13. The van der Waals surface area contributed by atoms with Gasteiger partial charge in [-0.1, -0.05) is 30.3 Å². The highest BCUT2D eigenvalue weighted by atomic mass is 16.7. The maximum absolute atomic E-state index is 12.0. The lowest BCUT2D eigenvalue weighted by Crippen LogP contribution is -2.20. The van der Waals surface area contributed by atoms with Gasteiger partial charge in [-0.05, 0) is 35.9 Å². The van der Waals surface area contributed by atoms with Crippen molar-refractivity contribution in [2.24, 2.45) is 0 Å². The average Bonchev–Trinajstić information content (AvgIpc) is 3.12. The molecule has 0 saturated heterocycles. The molecule has 0 atom stereocenters. The van der Waals surface area contributed by atoms with E-state index >= 15 is 0 Å². The van der Waals surface area contributed by atoms with Crippen LogP contribution in [0, 0.1) is 0 Å². The summed E-state index contributed by atoms with van der Waals surface area (Å²) in [5, 5.41) is 3.92. The number of nitrogens with one attached hydrogen (secondary N) is 1. The molecule has 0 unspecified atom stereocenters. The number of ether oxygens (including phenoxy) is 2. The molecular formula is C20H16N2O3. The molecule has 0 spiro atoms. The Balaban J connectivity index is 1.38. The lowest BCUT2D eigenvalue weighted by molar-refractivity contribution is -0.116. The molecule has 1 N–H and O–H groups in total. The van der Waals surface area contributed by atoms with E-state index in [9.17, 15) is 4.79 Å². The third kappa shape index (κ3) is 3.45. The van der Waals surface area contributed by atoms with Gasteiger partial charge in [0.05, 0.1) is 11.2 Å². The predicted octanol–water partition coefficient (Wildman–Crippen LogP) is 3.29. The van der Waals surface area contributed by atoms with Crippen molar-refractivity contribution in [3.63, 3.8) is 0 Å². The number of benzene rings is 2. The standard InChI is InChI=1S/C20H16N2O3/c23-20(21-12-14-5-9-18-19(11-14)25-13-24-18)10-8-16-7-6-15-3-1-2-4-17(15)22-16/h1-11H,12-13H2,(H,21,23). The maximum atomic E-state index is 12.0. The van der Waals surface area contributed by atoms with E-state index in [1.807, 2.05) is 54.6 Å². The van der Waals surface area contributed by atoms with Gasteiger partial charge in [-0.25, -0.2) is 4.98 Å². The highest BCUT2D eigenvalue weighted by Crippen LogP contribution is 2.32. The molecule has 0 bridgehead atoms. The third-order valence-corrected chi connectivity index (χ3v) is 3.93. The fourth-order valence-electron chi connectivity index (χ4n) is 2.63. The normalized spacial score (nSPS) is 12.6. The summed E-state index contributed by atoms with van der Waals surface area (Å²) in [6, 6.07) is 17.4. The van der Waals surface area contributed by atoms with E-state index in [1.54, 1.807) is 6.08 Å². The van der Waals surface area contributed by atoms with Crippen LogP contribution >= 0.6 is 0 Å². The fourth-order valence-corrected chi connectivity index (χ4v) is 2.63. The Morgan fingerprint density at radius 2 is 1.96 bits per heavy atom. The van der Waals surface area contributed by atoms with Crippen molar-refractivity contribution >= 4 is 22.9 Å². The van der Waals surface area contributed by atoms with Crippen LogP contribution in [0.5, 0.6) is 11.5 Å². The van der Waals surface area contributed by atoms with Crippen LogP contribution in [0.2, 0.25) is 0 Å². The van der Waals surface area contributed by atoms with Crippen LogP contribution in [-0.4, -0.2) is 17.7 Å². The van der Waals surface area contributed by atoms with E-state index in [-0.39, 0.29) is 12.7 Å². The molecule has 0 radical (unpaired) electrons. The molecule has 0 fully saturated rings. The smallest absolute Gasteiger partial charge is 0.244 e. The lowest BCUT2D eigenvalue weighted by Gasteiger charge is -2.04. The summed E-state index contributed by atoms with van der Waals surface area (Å²) in [4.78, 5) is 16.5. The van der Waals surface area contributed by atoms with Crippen LogP contribution in [0.3, 0.4) is 0 Å². The number of carbonyl (C=O) groups excluding carboxylic acids is 1. The Bertz CT molecular complexity index is 966. The number of aromatic nitrogens is 1. The van der Waals surface area contributed by atoms with Gasteiger partial charge in [-0.2, -0.15) is 0 Å². The fraction of sp³-hybridized carbons (Fsp3) is 0.100. The zero-order chi connectivity index (χ0) is 17.1. The van der Waals surface area contributed by atoms with E-state index in [0.717, 1.165) is 27.9 Å². The zero-order valence-corrected chi connectivity index (χ0v) is 13.4. The number of hydrogen-bond donors (Lipinski definition) is 1. The summed E-state index contributed by atoms with van der Waals surface area (Å²) in [5.41, 5.74) is 2.61. The van der Waals surface area contributed by atoms with E-state index in [1.165, 1.54) is 6.08 Å². The van der Waals surface area contributed by atoms with Gasteiger partial charge in [0.1, 0.15) is 0 Å². The molecular weight excluding hydrogens is 316 g/mol. The molecule has 124 valence electrons. The second-order valence-corrected chi connectivity index (χ2v) is 5.67. The van der Waals surface area contributed by atoms with Crippen molar-refractivity contribution in [2.45, 2.75) is 6.54 Å². The first-order chi connectivity index (χ1) is 12.3. The molecule has 1 aromatic heterocycles. The highest BCUT2D eigenvalue weighted by molar-refractivity contribution is 5.91. The number of fused-ring (bicyclic) bond motifs is 2. The SMILES string of the molecule is O=C(C=Cc1ccc2ccccc2n1)NCc1ccc2c(c1)OCO2. The van der Waals surface area contributed by atoms with Crippen molar-refractivity contribution < 1.29 is 14.3 Å². The first kappa shape index (κ1) is 15.2. The van der Waals surface area contributed by atoms with Crippen LogP contribution in [0.4, 0.5) is 0 Å². The maximum Gasteiger partial charge on any atom is 0.244 e. The number of nitrogens with zero attached hydrogens (tertiary/aromatic N) is 1. The van der Waals surface area contributed by atoms with Crippen LogP contribution in [0.25, 0.3) is 17.0 Å². The Morgan fingerprint density at radius 3 is 2.92 bits per heavy atom. The molecule has 1 aliphatic heterocycles. The average molecular weight is 332 g/mol. The molecule has 3 aromatic rings. The van der Waals surface area contributed by atoms with Crippen LogP contribution in [-0.2, 0) is 11.3 Å². The van der Waals surface area contributed by atoms with Gasteiger partial charge < -0.3 is 14.8 Å². The Kier molecular flexibility index (Phi) is 4.04. The van der Waals surface area contributed by atoms with Gasteiger partial charge in [0, 0.05) is 18.0 Å². The van der Waals surface area contributed by atoms with E-state index in [4.69, 9.17) is 9.47 Å². The Labute approximate surface area is 144 Å². The third-order valence-electron chi connectivity index (χ3n) is 3.93. The zero-order valence-electron chi connectivity index (χ0n) is 13.4. The van der Waals surface area contributed by atoms with Gasteiger partial charge in [-0.3, -0.25) is 4.79 Å². The van der Waals surface area contributed by atoms with Crippen LogP contribution in [0.1, 0.15) is 11.3 Å². The molecule has 2 heterocycles. The number of hydrogen-bond acceptors (Lipinski definition) is 4. The number of rotatable bonds is 4. The Hall–Kier alpha value is -3.34. The topological polar surface area (TPSA) is 60.5 Å². The van der Waals surface area contributed by atoms with Gasteiger partial charge in [-0.15, -0.1) is 0 Å². The number of carbonyl (C=O) groups is 1. The largest absolute Gasteiger partial charge is 0.454 e. The summed E-state index contributed by atoms with van der Waals surface area (Å²) in [5.74, 6) is 1.27. The number of para-hydroxylation sites is 1. The summed E-state index contributed by atoms with van der Waals surface area (Å²) in [6.45, 7) is 0.664. The predicted molar refractivity (Wildman–Crippen MR) is 95.2 cm³/mol. The van der Waals surface area contributed by atoms with Crippen LogP contribution in [0.15, 0.2) is 60.7 Å². The lowest BCUT2D eigenvalue weighted by atomic mass is 10.2. The van der Waals surface area contributed by atoms with Gasteiger partial charge in [0.2, 0.25) is 12.7 Å². The molecule has 5 nitrogen and oxygen atoms in total. The Morgan fingerprint density at radius 1 is 1.08 bits per heavy atom. The van der Waals surface area contributed by atoms with E-state index in [2.05, 4.69) is 10.3 Å².